The number of fused-ring (bicyclic) bond motifs is 2. The molecule has 2 N–H and O–H groups in total. The molecule has 178 valence electrons. The Hall–Kier alpha value is -3.40. The summed E-state index contributed by atoms with van der Waals surface area (Å²) in [6, 6.07) is 4.10. The van der Waals surface area contributed by atoms with Crippen molar-refractivity contribution in [3.05, 3.63) is 47.8 Å². The van der Waals surface area contributed by atoms with Crippen molar-refractivity contribution in [1.29, 1.82) is 0 Å². The predicted octanol–water partition coefficient (Wildman–Crippen LogP) is 4.21. The second-order valence-electron chi connectivity index (χ2n) is 8.78. The first kappa shape index (κ1) is 22.4. The molecule has 1 saturated heterocycles. The third kappa shape index (κ3) is 4.13. The molecule has 2 atom stereocenters. The summed E-state index contributed by atoms with van der Waals surface area (Å²) in [6.45, 7) is 9.65. The summed E-state index contributed by atoms with van der Waals surface area (Å²) in [7, 11) is 0. The van der Waals surface area contributed by atoms with E-state index in [1.165, 1.54) is 6.07 Å². The molecule has 3 aromatic heterocycles. The molecule has 34 heavy (non-hydrogen) atoms. The van der Waals surface area contributed by atoms with Crippen molar-refractivity contribution in [2.45, 2.75) is 39.3 Å². The van der Waals surface area contributed by atoms with Crippen molar-refractivity contribution in [2.24, 2.45) is 0 Å². The average molecular weight is 467 g/mol. The van der Waals surface area contributed by atoms with Crippen LogP contribution in [0.2, 0.25) is 0 Å². The van der Waals surface area contributed by atoms with Crippen LogP contribution >= 0.6 is 0 Å². The maximum atomic E-state index is 13.8. The van der Waals surface area contributed by atoms with Gasteiger partial charge in [0.1, 0.15) is 11.0 Å². The van der Waals surface area contributed by atoms with Gasteiger partial charge in [-0.1, -0.05) is 6.92 Å². The molecule has 0 saturated carbocycles. The molecule has 4 aromatic rings. The van der Waals surface area contributed by atoms with Gasteiger partial charge in [-0.25, -0.2) is 13.8 Å². The first-order valence-corrected chi connectivity index (χ1v) is 11.7. The second-order valence-corrected chi connectivity index (χ2v) is 8.78. The van der Waals surface area contributed by atoms with Gasteiger partial charge < -0.3 is 15.5 Å². The highest BCUT2D eigenvalue weighted by Gasteiger charge is 2.22. The minimum absolute atomic E-state index is 0.183. The van der Waals surface area contributed by atoms with Gasteiger partial charge >= 0.3 is 0 Å². The molecule has 0 aliphatic carbocycles. The molecule has 4 heterocycles. The molecule has 0 spiro atoms. The second kappa shape index (κ2) is 9.09. The highest BCUT2D eigenvalue weighted by atomic mass is 19.2. The van der Waals surface area contributed by atoms with Crippen molar-refractivity contribution in [3.63, 3.8) is 0 Å². The predicted molar refractivity (Wildman–Crippen MR) is 129 cm³/mol. The summed E-state index contributed by atoms with van der Waals surface area (Å²) in [4.78, 5) is 16.2. The third-order valence-corrected chi connectivity index (χ3v) is 6.44. The van der Waals surface area contributed by atoms with Crippen LogP contribution < -0.4 is 15.5 Å². The van der Waals surface area contributed by atoms with E-state index in [0.717, 1.165) is 55.3 Å². The maximum absolute atomic E-state index is 13.8. The summed E-state index contributed by atoms with van der Waals surface area (Å²) in [5.41, 5.74) is 2.88. The topological polar surface area (TPSA) is 83.8 Å². The Morgan fingerprint density at radius 3 is 2.56 bits per heavy atom. The molecule has 1 aliphatic heterocycles. The van der Waals surface area contributed by atoms with Crippen LogP contribution in [-0.4, -0.2) is 50.9 Å². The summed E-state index contributed by atoms with van der Waals surface area (Å²) >= 11 is 0. The summed E-state index contributed by atoms with van der Waals surface area (Å²) < 4.78 is 29.3. The standard InChI is InChI=1S/C24H28F2N8/c1-4-14(2)34-22-21(13-29-34)31-24(33-7-5-27-6-8-33)32-23(22)30-15(3)17-9-16-10-18(25)19(26)11-20(16)28-12-17/h9-15,27H,4-8H2,1-3H3,(H,30,31,32)/t14-,15?/m0/s1. The normalized spacial score (nSPS) is 16.2. The van der Waals surface area contributed by atoms with Crippen LogP contribution in [-0.2, 0) is 0 Å². The van der Waals surface area contributed by atoms with E-state index in [2.05, 4.69) is 39.5 Å². The Bertz CT molecular complexity index is 1330. The Kier molecular flexibility index (Phi) is 5.99. The molecule has 0 radical (unpaired) electrons. The Morgan fingerprint density at radius 2 is 1.79 bits per heavy atom. The number of aromatic nitrogens is 5. The monoisotopic (exact) mass is 466 g/mol. The average Bonchev–Trinajstić information content (AvgIpc) is 3.29. The minimum Gasteiger partial charge on any atom is -0.362 e. The smallest absolute Gasteiger partial charge is 0.228 e. The van der Waals surface area contributed by atoms with Gasteiger partial charge in [-0.2, -0.15) is 10.1 Å². The lowest BCUT2D eigenvalue weighted by Gasteiger charge is -2.28. The van der Waals surface area contributed by atoms with Gasteiger partial charge in [0.2, 0.25) is 5.95 Å². The number of hydrogen-bond acceptors (Lipinski definition) is 7. The van der Waals surface area contributed by atoms with E-state index in [1.54, 1.807) is 12.4 Å². The number of piperazine rings is 1. The number of benzene rings is 1. The van der Waals surface area contributed by atoms with Crippen LogP contribution in [0.1, 0.15) is 44.8 Å². The van der Waals surface area contributed by atoms with E-state index in [1.807, 2.05) is 17.7 Å². The summed E-state index contributed by atoms with van der Waals surface area (Å²) in [5, 5.41) is 12.0. The van der Waals surface area contributed by atoms with E-state index >= 15 is 0 Å². The summed E-state index contributed by atoms with van der Waals surface area (Å²) in [5.74, 6) is -0.431. The number of nitrogens with one attached hydrogen (secondary N) is 2. The van der Waals surface area contributed by atoms with E-state index in [0.29, 0.717) is 22.7 Å². The molecular formula is C24H28F2N8. The molecule has 1 aromatic carbocycles. The number of hydrogen-bond donors (Lipinski definition) is 2. The Labute approximate surface area is 196 Å². The van der Waals surface area contributed by atoms with E-state index in [9.17, 15) is 8.78 Å². The lowest BCUT2D eigenvalue weighted by molar-refractivity contribution is 0.493. The van der Waals surface area contributed by atoms with Crippen LogP contribution in [0.3, 0.4) is 0 Å². The quantitative estimate of drug-likeness (QED) is 0.440. The fourth-order valence-corrected chi connectivity index (χ4v) is 4.23. The first-order valence-electron chi connectivity index (χ1n) is 11.7. The molecular weight excluding hydrogens is 438 g/mol. The SMILES string of the molecule is CC[C@H](C)n1ncc2nc(N3CCNCC3)nc(NC(C)c3cnc4cc(F)c(F)cc4c3)c21. The number of nitrogens with zero attached hydrogens (tertiary/aromatic N) is 6. The number of pyridine rings is 1. The molecule has 0 bridgehead atoms. The number of halogens is 2. The Morgan fingerprint density at radius 1 is 1.03 bits per heavy atom. The van der Waals surface area contributed by atoms with Crippen molar-refractivity contribution in [2.75, 3.05) is 36.4 Å². The van der Waals surface area contributed by atoms with Crippen molar-refractivity contribution < 1.29 is 8.78 Å². The minimum atomic E-state index is -0.902. The first-order chi connectivity index (χ1) is 16.4. The van der Waals surface area contributed by atoms with Crippen LogP contribution in [0.15, 0.2) is 30.6 Å². The number of anilines is 2. The van der Waals surface area contributed by atoms with Crippen molar-refractivity contribution >= 4 is 33.7 Å². The summed E-state index contributed by atoms with van der Waals surface area (Å²) in [6.07, 6.45) is 4.39. The van der Waals surface area contributed by atoms with Gasteiger partial charge in [-0.05, 0) is 38.0 Å². The fourth-order valence-electron chi connectivity index (χ4n) is 4.23. The highest BCUT2D eigenvalue weighted by Crippen LogP contribution is 2.30. The molecule has 1 aliphatic rings. The van der Waals surface area contributed by atoms with E-state index in [-0.39, 0.29) is 12.1 Å². The fraction of sp³-hybridized carbons (Fsp3) is 0.417. The number of rotatable bonds is 6. The van der Waals surface area contributed by atoms with Gasteiger partial charge in [0.15, 0.2) is 17.5 Å². The molecule has 1 unspecified atom stereocenters. The van der Waals surface area contributed by atoms with Gasteiger partial charge in [0.25, 0.3) is 0 Å². The van der Waals surface area contributed by atoms with Gasteiger partial charge in [-0.15, -0.1) is 0 Å². The molecule has 8 nitrogen and oxygen atoms in total. The highest BCUT2D eigenvalue weighted by molar-refractivity contribution is 5.87. The van der Waals surface area contributed by atoms with Gasteiger partial charge in [0, 0.05) is 49.9 Å². The van der Waals surface area contributed by atoms with Gasteiger partial charge in [0.05, 0.1) is 17.8 Å². The van der Waals surface area contributed by atoms with Crippen LogP contribution in [0.25, 0.3) is 21.9 Å². The third-order valence-electron chi connectivity index (χ3n) is 6.44. The van der Waals surface area contributed by atoms with Crippen LogP contribution in [0.5, 0.6) is 0 Å². The zero-order valence-electron chi connectivity index (χ0n) is 19.5. The Balaban J connectivity index is 1.55. The van der Waals surface area contributed by atoms with Gasteiger partial charge in [-0.3, -0.25) is 9.67 Å². The molecule has 5 rings (SSSR count). The van der Waals surface area contributed by atoms with E-state index in [4.69, 9.17) is 9.97 Å². The molecule has 0 amide bonds. The zero-order valence-corrected chi connectivity index (χ0v) is 19.5. The zero-order chi connectivity index (χ0) is 23.8. The maximum Gasteiger partial charge on any atom is 0.228 e. The lowest BCUT2D eigenvalue weighted by atomic mass is 10.1. The molecule has 10 heteroatoms. The largest absolute Gasteiger partial charge is 0.362 e. The van der Waals surface area contributed by atoms with Crippen molar-refractivity contribution in [3.8, 4) is 0 Å². The van der Waals surface area contributed by atoms with Crippen molar-refractivity contribution in [1.82, 2.24) is 30.0 Å². The van der Waals surface area contributed by atoms with Crippen LogP contribution in [0.4, 0.5) is 20.5 Å². The molecule has 1 fully saturated rings. The van der Waals surface area contributed by atoms with Crippen LogP contribution in [0, 0.1) is 11.6 Å². The lowest BCUT2D eigenvalue weighted by Crippen LogP contribution is -2.44. The van der Waals surface area contributed by atoms with E-state index < -0.39 is 11.6 Å².